The van der Waals surface area contributed by atoms with Crippen LogP contribution in [0.25, 0.3) is 0 Å². The van der Waals surface area contributed by atoms with Gasteiger partial charge in [0.1, 0.15) is 6.10 Å². The second-order valence-corrected chi connectivity index (χ2v) is 12.8. The maximum absolute atomic E-state index is 11.5. The van der Waals surface area contributed by atoms with Crippen LogP contribution < -0.4 is 0 Å². The van der Waals surface area contributed by atoms with Crippen molar-refractivity contribution in [1.82, 2.24) is 0 Å². The Balaban J connectivity index is 1.47. The Morgan fingerprint density at radius 2 is 1.84 bits per heavy atom. The van der Waals surface area contributed by atoms with Gasteiger partial charge in [-0.1, -0.05) is 65.5 Å². The van der Waals surface area contributed by atoms with E-state index < -0.39 is 0 Å². The van der Waals surface area contributed by atoms with E-state index in [2.05, 4.69) is 40.7 Å². The SMILES string of the molecule is CC(=O)O[C@H]1CC[C@@]2(C)C(=CC[C@H]3C4CCC([C@H](C)CCCC(C)C)[C@@]4(C)CC[C@@H]32)C1. The molecule has 0 N–H and O–H groups in total. The highest BCUT2D eigenvalue weighted by Gasteiger charge is 2.59. The van der Waals surface area contributed by atoms with Gasteiger partial charge >= 0.3 is 5.97 Å². The molecule has 4 rings (SSSR count). The topological polar surface area (TPSA) is 26.3 Å². The Bertz CT molecular complexity index is 693. The van der Waals surface area contributed by atoms with Crippen LogP contribution in [0.15, 0.2) is 11.6 Å². The number of allylic oxidation sites excluding steroid dienone is 1. The summed E-state index contributed by atoms with van der Waals surface area (Å²) in [5.74, 6) is 5.19. The van der Waals surface area contributed by atoms with Crippen molar-refractivity contribution < 1.29 is 9.53 Å². The zero-order valence-corrected chi connectivity index (χ0v) is 21.2. The van der Waals surface area contributed by atoms with Gasteiger partial charge in [0.15, 0.2) is 0 Å². The smallest absolute Gasteiger partial charge is 0.302 e. The lowest BCUT2D eigenvalue weighted by Crippen LogP contribution is -2.51. The maximum Gasteiger partial charge on any atom is 0.302 e. The minimum absolute atomic E-state index is 0.115. The molecule has 0 bridgehead atoms. The number of hydrogen-bond donors (Lipinski definition) is 0. The minimum Gasteiger partial charge on any atom is -0.462 e. The molecule has 2 heteroatoms. The second-order valence-electron chi connectivity index (χ2n) is 12.8. The Hall–Kier alpha value is -0.790. The van der Waals surface area contributed by atoms with Gasteiger partial charge in [-0.2, -0.15) is 0 Å². The van der Waals surface area contributed by atoms with E-state index in [1.54, 1.807) is 12.5 Å². The molecule has 4 aliphatic rings. The third kappa shape index (κ3) is 4.26. The predicted molar refractivity (Wildman–Crippen MR) is 129 cm³/mol. The number of hydrogen-bond acceptors (Lipinski definition) is 2. The van der Waals surface area contributed by atoms with Crippen LogP contribution in [-0.2, 0) is 9.53 Å². The first-order valence-electron chi connectivity index (χ1n) is 13.5. The van der Waals surface area contributed by atoms with E-state index in [9.17, 15) is 4.79 Å². The van der Waals surface area contributed by atoms with Crippen molar-refractivity contribution in [2.75, 3.05) is 0 Å². The molecule has 0 aromatic rings. The van der Waals surface area contributed by atoms with Gasteiger partial charge in [0.25, 0.3) is 0 Å². The lowest BCUT2D eigenvalue weighted by molar-refractivity contribution is -0.148. The first-order valence-corrected chi connectivity index (χ1v) is 13.5. The summed E-state index contributed by atoms with van der Waals surface area (Å²) in [5, 5.41) is 0. The van der Waals surface area contributed by atoms with E-state index in [0.29, 0.717) is 10.8 Å². The first-order chi connectivity index (χ1) is 14.6. The maximum atomic E-state index is 11.5. The van der Waals surface area contributed by atoms with Crippen molar-refractivity contribution in [3.05, 3.63) is 11.6 Å². The second kappa shape index (κ2) is 8.86. The molecule has 2 unspecified atom stereocenters. The molecule has 0 spiro atoms. The summed E-state index contributed by atoms with van der Waals surface area (Å²) in [6.07, 6.45) is 17.2. The van der Waals surface area contributed by atoms with Gasteiger partial charge in [0.05, 0.1) is 0 Å². The van der Waals surface area contributed by atoms with Gasteiger partial charge in [-0.3, -0.25) is 4.79 Å². The van der Waals surface area contributed by atoms with Gasteiger partial charge in [-0.25, -0.2) is 0 Å². The summed E-state index contributed by atoms with van der Waals surface area (Å²) in [4.78, 5) is 11.5. The molecule has 8 atom stereocenters. The molecule has 4 aliphatic carbocycles. The molecule has 0 aliphatic heterocycles. The Kier molecular flexibility index (Phi) is 6.68. The molecule has 176 valence electrons. The molecule has 0 amide bonds. The molecule has 3 saturated carbocycles. The Morgan fingerprint density at radius 3 is 2.55 bits per heavy atom. The number of esters is 1. The monoisotopic (exact) mass is 428 g/mol. The lowest BCUT2D eigenvalue weighted by Gasteiger charge is -2.58. The van der Waals surface area contributed by atoms with Crippen molar-refractivity contribution in [1.29, 1.82) is 0 Å². The van der Waals surface area contributed by atoms with Crippen molar-refractivity contribution in [2.45, 2.75) is 118 Å². The van der Waals surface area contributed by atoms with Crippen LogP contribution in [0.1, 0.15) is 112 Å². The fraction of sp³-hybridized carbons (Fsp3) is 0.897. The highest BCUT2D eigenvalue weighted by atomic mass is 16.5. The molecule has 0 aromatic heterocycles. The van der Waals surface area contributed by atoms with Gasteiger partial charge in [0, 0.05) is 13.3 Å². The van der Waals surface area contributed by atoms with E-state index in [1.807, 2.05) is 0 Å². The number of carbonyl (C=O) groups excluding carboxylic acids is 1. The highest BCUT2D eigenvalue weighted by molar-refractivity contribution is 5.66. The number of fused-ring (bicyclic) bond motifs is 5. The van der Waals surface area contributed by atoms with E-state index in [1.165, 1.54) is 57.8 Å². The minimum atomic E-state index is -0.115. The van der Waals surface area contributed by atoms with Gasteiger partial charge < -0.3 is 4.74 Å². The van der Waals surface area contributed by atoms with Crippen molar-refractivity contribution >= 4 is 5.97 Å². The summed E-state index contributed by atoms with van der Waals surface area (Å²) < 4.78 is 5.61. The summed E-state index contributed by atoms with van der Waals surface area (Å²) in [5.41, 5.74) is 2.53. The van der Waals surface area contributed by atoms with Crippen LogP contribution in [0, 0.1) is 46.3 Å². The summed E-state index contributed by atoms with van der Waals surface area (Å²) >= 11 is 0. The molecular formula is C29H48O2. The number of ether oxygens (including phenoxy) is 1. The quantitative estimate of drug-likeness (QED) is 0.317. The van der Waals surface area contributed by atoms with E-state index in [0.717, 1.165) is 48.3 Å². The molecule has 31 heavy (non-hydrogen) atoms. The molecule has 0 saturated heterocycles. The van der Waals surface area contributed by atoms with Crippen molar-refractivity contribution in [3.63, 3.8) is 0 Å². The van der Waals surface area contributed by atoms with E-state index in [4.69, 9.17) is 4.74 Å². The Morgan fingerprint density at radius 1 is 1.06 bits per heavy atom. The lowest BCUT2D eigenvalue weighted by atomic mass is 9.47. The normalized spacial score (nSPS) is 42.9. The molecule has 0 heterocycles. The molecular weight excluding hydrogens is 380 g/mol. The summed E-state index contributed by atoms with van der Waals surface area (Å²) in [6, 6.07) is 0. The average molecular weight is 429 g/mol. The van der Waals surface area contributed by atoms with Crippen LogP contribution in [0.3, 0.4) is 0 Å². The summed E-state index contributed by atoms with van der Waals surface area (Å²) in [7, 11) is 0. The van der Waals surface area contributed by atoms with Crippen LogP contribution in [0.4, 0.5) is 0 Å². The largest absolute Gasteiger partial charge is 0.462 e. The first kappa shape index (κ1) is 23.4. The third-order valence-corrected chi connectivity index (χ3v) is 10.6. The van der Waals surface area contributed by atoms with E-state index >= 15 is 0 Å². The van der Waals surface area contributed by atoms with Crippen molar-refractivity contribution in [3.8, 4) is 0 Å². The average Bonchev–Trinajstić information content (AvgIpc) is 3.05. The fourth-order valence-corrected chi connectivity index (χ4v) is 8.99. The molecule has 3 fully saturated rings. The van der Waals surface area contributed by atoms with Crippen molar-refractivity contribution in [2.24, 2.45) is 46.3 Å². The molecule has 0 aromatic carbocycles. The van der Waals surface area contributed by atoms with Gasteiger partial charge in [-0.15, -0.1) is 0 Å². The zero-order valence-electron chi connectivity index (χ0n) is 21.2. The Labute approximate surface area is 192 Å². The van der Waals surface area contributed by atoms with Crippen LogP contribution >= 0.6 is 0 Å². The van der Waals surface area contributed by atoms with Gasteiger partial charge in [0.2, 0.25) is 0 Å². The van der Waals surface area contributed by atoms with Crippen LogP contribution in [0.5, 0.6) is 0 Å². The number of carbonyl (C=O) groups is 1. The van der Waals surface area contributed by atoms with Crippen LogP contribution in [-0.4, -0.2) is 12.1 Å². The number of rotatable bonds is 6. The predicted octanol–water partition coefficient (Wildman–Crippen LogP) is 7.96. The zero-order chi connectivity index (χ0) is 22.4. The highest BCUT2D eigenvalue weighted by Crippen LogP contribution is 2.67. The van der Waals surface area contributed by atoms with Gasteiger partial charge in [-0.05, 0) is 91.3 Å². The standard InChI is InChI=1S/C29H48O2/c1-19(2)8-7-9-20(3)25-12-13-26-24-11-10-22-18-23(31-21(4)30)14-16-28(22,5)27(24)15-17-29(25,26)6/h10,19-20,23-27H,7-9,11-18H2,1-6H3/t20-,23+,24+,25?,26?,27+,28+,29-/m1/s1. The van der Waals surface area contributed by atoms with Crippen LogP contribution in [0.2, 0.25) is 0 Å². The fourth-order valence-electron chi connectivity index (χ4n) is 8.99. The third-order valence-electron chi connectivity index (χ3n) is 10.6. The van der Waals surface area contributed by atoms with E-state index in [-0.39, 0.29) is 12.1 Å². The summed E-state index contributed by atoms with van der Waals surface area (Å²) in [6.45, 7) is 14.1. The molecule has 0 radical (unpaired) electrons. The molecule has 2 nitrogen and oxygen atoms in total.